The molecule has 0 fully saturated rings. The molecule has 0 aromatic heterocycles. The normalized spacial score (nSPS) is 9.39. The van der Waals surface area contributed by atoms with Gasteiger partial charge in [0.05, 0.1) is 0 Å². The van der Waals surface area contributed by atoms with Gasteiger partial charge in [0.25, 0.3) is 0 Å². The number of hydrogen-bond acceptors (Lipinski definition) is 2. The molecule has 92 valence electrons. The second-order valence-corrected chi connectivity index (χ2v) is 2.77. The van der Waals surface area contributed by atoms with E-state index in [-0.39, 0.29) is 0 Å². The Morgan fingerprint density at radius 3 is 1.39 bits per heavy atom. The highest BCUT2D eigenvalue weighted by Crippen LogP contribution is 2.17. The maximum absolute atomic E-state index is 13.2. The van der Waals surface area contributed by atoms with Gasteiger partial charge >= 0.3 is 6.98 Å². The summed E-state index contributed by atoms with van der Waals surface area (Å²) in [6, 6.07) is 0. The number of halogens is 5. The van der Waals surface area contributed by atoms with Gasteiger partial charge in [-0.1, -0.05) is 0 Å². The Bertz CT molecular complexity index is 546. The van der Waals surface area contributed by atoms with Crippen LogP contribution in [0.25, 0.3) is 20.9 Å². The molecule has 12 heteroatoms. The fraction of sp³-hybridized carbons (Fsp3) is 0. The minimum absolute atomic E-state index is 1.51. The van der Waals surface area contributed by atoms with Gasteiger partial charge in [-0.3, -0.25) is 0 Å². The molecular weight excluding hydrogens is 262 g/mol. The molecule has 0 bridgehead atoms. The summed E-state index contributed by atoms with van der Waals surface area (Å²) in [5.41, 5.74) is 14.6. The minimum Gasteiger partial charge on any atom is -0.204 e. The lowest BCUT2D eigenvalue weighted by atomic mass is 9.70. The molecule has 0 atom stereocenters. The number of azide groups is 1. The Kier molecular flexibility index (Phi) is 3.98. The molecule has 18 heavy (non-hydrogen) atoms. The first kappa shape index (κ1) is 13.6. The predicted octanol–water partition coefficient (Wildman–Crippen LogP) is 2.70. The number of nitrogens with zero attached hydrogens (tertiary/aromatic N) is 6. The van der Waals surface area contributed by atoms with Crippen molar-refractivity contribution < 1.29 is 22.0 Å². The summed E-state index contributed by atoms with van der Waals surface area (Å²) < 4.78 is 64.7. The summed E-state index contributed by atoms with van der Waals surface area (Å²) in [5, 5.41) is 5.28. The van der Waals surface area contributed by atoms with E-state index in [1.807, 2.05) is 0 Å². The first-order chi connectivity index (χ1) is 8.45. The van der Waals surface area contributed by atoms with Crippen LogP contribution in [0.1, 0.15) is 0 Å². The number of benzene rings is 1. The van der Waals surface area contributed by atoms with Crippen LogP contribution in [0.15, 0.2) is 10.1 Å². The molecule has 0 aliphatic rings. The Labute approximate surface area is 95.4 Å². The molecule has 0 heterocycles. The van der Waals surface area contributed by atoms with Gasteiger partial charge in [0, 0.05) is 5.46 Å². The van der Waals surface area contributed by atoms with Gasteiger partial charge in [0.15, 0.2) is 29.1 Å². The van der Waals surface area contributed by atoms with E-state index in [1.165, 1.54) is 0 Å². The largest absolute Gasteiger partial charge is 0.381 e. The minimum atomic E-state index is -2.37. The molecule has 0 unspecified atom stereocenters. The zero-order valence-electron chi connectivity index (χ0n) is 8.15. The molecule has 6 nitrogen and oxygen atoms in total. The van der Waals surface area contributed by atoms with E-state index in [0.29, 0.717) is 0 Å². The first-order valence-electron chi connectivity index (χ1n) is 4.05. The Balaban J connectivity index is 3.67. The summed E-state index contributed by atoms with van der Waals surface area (Å²) in [4.78, 5) is 4.17. The van der Waals surface area contributed by atoms with Crippen LogP contribution in [0.4, 0.5) is 22.0 Å². The lowest BCUT2D eigenvalue weighted by Gasteiger charge is -2.08. The van der Waals surface area contributed by atoms with Crippen molar-refractivity contribution in [3.63, 3.8) is 0 Å². The van der Waals surface area contributed by atoms with Crippen molar-refractivity contribution in [3.8, 4) is 0 Å². The molecule has 0 saturated heterocycles. The third-order valence-electron chi connectivity index (χ3n) is 1.82. The highest BCUT2D eigenvalue weighted by molar-refractivity contribution is 6.69. The maximum atomic E-state index is 13.2. The summed E-state index contributed by atoms with van der Waals surface area (Å²) in [5.74, 6) is -11.3. The molecule has 0 amide bonds. The fourth-order valence-electron chi connectivity index (χ4n) is 1.08. The van der Waals surface area contributed by atoms with E-state index in [0.717, 1.165) is 0 Å². The SMILES string of the molecule is [N-]=[N+]=NB(N=[N+]=[N-])c1c(F)c(F)c(F)c(F)c1F. The van der Waals surface area contributed by atoms with Crippen molar-refractivity contribution in [2.75, 3.05) is 0 Å². The Hall–Kier alpha value is -2.45. The van der Waals surface area contributed by atoms with Crippen molar-refractivity contribution in [3.05, 3.63) is 50.0 Å². The summed E-state index contributed by atoms with van der Waals surface area (Å²) in [6.07, 6.45) is 0. The smallest absolute Gasteiger partial charge is 0.204 e. The van der Waals surface area contributed by atoms with Crippen molar-refractivity contribution in [1.29, 1.82) is 0 Å². The van der Waals surface area contributed by atoms with E-state index in [9.17, 15) is 22.0 Å². The van der Waals surface area contributed by atoms with Crippen molar-refractivity contribution in [2.24, 2.45) is 10.1 Å². The monoisotopic (exact) mass is 262 g/mol. The van der Waals surface area contributed by atoms with Gasteiger partial charge < -0.3 is 0 Å². The molecule has 0 spiro atoms. The van der Waals surface area contributed by atoms with E-state index < -0.39 is 41.5 Å². The second kappa shape index (κ2) is 5.26. The lowest BCUT2D eigenvalue weighted by Crippen LogP contribution is -2.35. The van der Waals surface area contributed by atoms with E-state index in [1.54, 1.807) is 0 Å². The molecule has 0 aliphatic carbocycles. The van der Waals surface area contributed by atoms with E-state index in [2.05, 4.69) is 19.9 Å². The topological polar surface area (TPSA) is 97.5 Å². The van der Waals surface area contributed by atoms with Gasteiger partial charge in [0.1, 0.15) is 0 Å². The molecular formula is C6BF5N6. The molecule has 1 rings (SSSR count). The third-order valence-corrected chi connectivity index (χ3v) is 1.82. The second-order valence-electron chi connectivity index (χ2n) is 2.77. The van der Waals surface area contributed by atoms with Gasteiger partial charge in [-0.05, 0) is 20.9 Å². The van der Waals surface area contributed by atoms with E-state index >= 15 is 0 Å². The molecule has 0 N–H and O–H groups in total. The van der Waals surface area contributed by atoms with Crippen LogP contribution in [0, 0.1) is 29.1 Å². The lowest BCUT2D eigenvalue weighted by molar-refractivity contribution is 0.384. The maximum Gasteiger partial charge on any atom is 0.381 e. The average molecular weight is 262 g/mol. The van der Waals surface area contributed by atoms with Crippen LogP contribution in [-0.2, 0) is 0 Å². The van der Waals surface area contributed by atoms with Crippen molar-refractivity contribution >= 4 is 12.4 Å². The van der Waals surface area contributed by atoms with Crippen LogP contribution >= 0.6 is 0 Å². The summed E-state index contributed by atoms with van der Waals surface area (Å²) >= 11 is 0. The zero-order valence-corrected chi connectivity index (χ0v) is 8.15. The van der Waals surface area contributed by atoms with Gasteiger partial charge in [-0.25, -0.2) is 22.0 Å². The highest BCUT2D eigenvalue weighted by atomic mass is 19.2. The Morgan fingerprint density at radius 2 is 1.06 bits per heavy atom. The summed E-state index contributed by atoms with van der Waals surface area (Å²) in [7, 11) is 0. The van der Waals surface area contributed by atoms with Crippen LogP contribution in [0.5, 0.6) is 0 Å². The van der Waals surface area contributed by atoms with Crippen LogP contribution in [-0.4, -0.2) is 6.98 Å². The quantitative estimate of drug-likeness (QED) is 0.152. The average Bonchev–Trinajstić information content (AvgIpc) is 2.35. The van der Waals surface area contributed by atoms with E-state index in [4.69, 9.17) is 11.1 Å². The molecule has 0 saturated carbocycles. The van der Waals surface area contributed by atoms with Crippen LogP contribution < -0.4 is 5.46 Å². The Morgan fingerprint density at radius 1 is 0.722 bits per heavy atom. The zero-order chi connectivity index (χ0) is 13.9. The highest BCUT2D eigenvalue weighted by Gasteiger charge is 2.31. The van der Waals surface area contributed by atoms with Crippen molar-refractivity contribution in [2.45, 2.75) is 0 Å². The van der Waals surface area contributed by atoms with Crippen molar-refractivity contribution in [1.82, 2.24) is 0 Å². The van der Waals surface area contributed by atoms with Gasteiger partial charge in [0.2, 0.25) is 0 Å². The van der Waals surface area contributed by atoms with Gasteiger partial charge in [-0.2, -0.15) is 0 Å². The molecule has 1 aromatic carbocycles. The number of rotatable bonds is 3. The molecule has 0 aliphatic heterocycles. The molecule has 0 radical (unpaired) electrons. The summed E-state index contributed by atoms with van der Waals surface area (Å²) in [6.45, 7) is -2.22. The molecule has 1 aromatic rings. The van der Waals surface area contributed by atoms with Crippen LogP contribution in [0.2, 0.25) is 0 Å². The predicted molar refractivity (Wildman–Crippen MR) is 49.9 cm³/mol. The first-order valence-corrected chi connectivity index (χ1v) is 4.05. The number of hydrogen-bond donors (Lipinski definition) is 0. The van der Waals surface area contributed by atoms with Gasteiger partial charge in [-0.15, -0.1) is 10.1 Å². The standard InChI is InChI=1S/C6BF5N6/c8-2-1(7(15-17-13)16-18-14)3(9)5(11)6(12)4(2)10. The van der Waals surface area contributed by atoms with Crippen LogP contribution in [0.3, 0.4) is 0 Å². The third kappa shape index (κ3) is 2.15. The fourth-order valence-corrected chi connectivity index (χ4v) is 1.08.